The molecule has 0 aromatic carbocycles. The van der Waals surface area contributed by atoms with Crippen LogP contribution in [0.4, 0.5) is 17.6 Å². The number of esters is 1. The lowest BCUT2D eigenvalue weighted by atomic mass is 10.1. The first-order valence-electron chi connectivity index (χ1n) is 6.13. The van der Waals surface area contributed by atoms with Gasteiger partial charge < -0.3 is 9.84 Å². The topological polar surface area (TPSA) is 72.3 Å². The first-order valence-corrected chi connectivity index (χ1v) is 6.13. The molecule has 0 amide bonds. The Kier molecular flexibility index (Phi) is 4.27. The van der Waals surface area contributed by atoms with Gasteiger partial charge in [-0.1, -0.05) is 0 Å². The molecule has 0 bridgehead atoms. The van der Waals surface area contributed by atoms with Crippen molar-refractivity contribution >= 4 is 17.0 Å². The van der Waals surface area contributed by atoms with E-state index in [9.17, 15) is 22.4 Å². The van der Waals surface area contributed by atoms with E-state index in [2.05, 4.69) is 14.7 Å². The van der Waals surface area contributed by atoms with Gasteiger partial charge in [-0.25, -0.2) is 19.2 Å². The molecule has 2 rings (SSSR count). The van der Waals surface area contributed by atoms with Crippen molar-refractivity contribution in [3.8, 4) is 0 Å². The molecule has 22 heavy (non-hydrogen) atoms. The molecule has 5 nitrogen and oxygen atoms in total. The third-order valence-corrected chi connectivity index (χ3v) is 2.74. The van der Waals surface area contributed by atoms with Gasteiger partial charge in [-0.3, -0.25) is 0 Å². The van der Waals surface area contributed by atoms with Crippen molar-refractivity contribution in [2.24, 2.45) is 0 Å². The van der Waals surface area contributed by atoms with E-state index in [1.807, 2.05) is 0 Å². The van der Waals surface area contributed by atoms with Crippen molar-refractivity contribution in [3.63, 3.8) is 0 Å². The summed E-state index contributed by atoms with van der Waals surface area (Å²) in [7, 11) is 0. The Morgan fingerprint density at radius 3 is 2.55 bits per heavy atom. The number of halogens is 4. The zero-order chi connectivity index (χ0) is 16.5. The second-order valence-corrected chi connectivity index (χ2v) is 4.22. The number of aromatic nitrogens is 2. The van der Waals surface area contributed by atoms with Gasteiger partial charge in [0, 0.05) is 5.39 Å². The standard InChI is InChI=1S/C13H10F4N2O3/c1-2-22-12(21)7-3-6-4-8(14)9(5-20)18-11(6)19-10(7)13(15,16)17/h3-4,20H,2,5H2,1H3. The number of aliphatic hydroxyl groups excluding tert-OH is 1. The van der Waals surface area contributed by atoms with Gasteiger partial charge in [0.15, 0.2) is 11.3 Å². The normalized spacial score (nSPS) is 11.7. The summed E-state index contributed by atoms with van der Waals surface area (Å²) in [6.45, 7) is 0.531. The Bertz CT molecular complexity index is 731. The number of alkyl halides is 3. The third kappa shape index (κ3) is 2.98. The molecule has 0 spiro atoms. The number of carbonyl (C=O) groups is 1. The zero-order valence-electron chi connectivity index (χ0n) is 11.2. The maximum absolute atomic E-state index is 13.5. The van der Waals surface area contributed by atoms with E-state index in [1.54, 1.807) is 0 Å². The minimum atomic E-state index is -4.91. The summed E-state index contributed by atoms with van der Waals surface area (Å²) < 4.78 is 57.2. The van der Waals surface area contributed by atoms with Gasteiger partial charge >= 0.3 is 12.1 Å². The van der Waals surface area contributed by atoms with Crippen LogP contribution in [0.15, 0.2) is 12.1 Å². The van der Waals surface area contributed by atoms with E-state index < -0.39 is 47.2 Å². The number of hydrogen-bond acceptors (Lipinski definition) is 5. The van der Waals surface area contributed by atoms with Gasteiger partial charge in [0.25, 0.3) is 0 Å². The Labute approximate surface area is 121 Å². The summed E-state index contributed by atoms with van der Waals surface area (Å²) in [6, 6.07) is 1.67. The Hall–Kier alpha value is -2.29. The lowest BCUT2D eigenvalue weighted by molar-refractivity contribution is -0.141. The van der Waals surface area contributed by atoms with Crippen LogP contribution in [0.5, 0.6) is 0 Å². The summed E-state index contributed by atoms with van der Waals surface area (Å²) in [6.07, 6.45) is -4.91. The lowest BCUT2D eigenvalue weighted by Gasteiger charge is -2.12. The van der Waals surface area contributed by atoms with Crippen LogP contribution in [0.1, 0.15) is 28.7 Å². The molecule has 2 aromatic heterocycles. The Morgan fingerprint density at radius 2 is 2.00 bits per heavy atom. The van der Waals surface area contributed by atoms with Crippen LogP contribution >= 0.6 is 0 Å². The van der Waals surface area contributed by atoms with Crippen molar-refractivity contribution in [2.75, 3.05) is 6.61 Å². The summed E-state index contributed by atoms with van der Waals surface area (Å²) in [5, 5.41) is 8.79. The van der Waals surface area contributed by atoms with Crippen LogP contribution in [-0.2, 0) is 17.5 Å². The smallest absolute Gasteiger partial charge is 0.434 e. The predicted octanol–water partition coefficient (Wildman–Crippen LogP) is 2.46. The van der Waals surface area contributed by atoms with E-state index in [-0.39, 0.29) is 12.0 Å². The zero-order valence-corrected chi connectivity index (χ0v) is 11.2. The van der Waals surface area contributed by atoms with Crippen molar-refractivity contribution in [2.45, 2.75) is 19.7 Å². The summed E-state index contributed by atoms with van der Waals surface area (Å²) in [5.74, 6) is -2.12. The quantitative estimate of drug-likeness (QED) is 0.695. The fourth-order valence-corrected chi connectivity index (χ4v) is 1.81. The SMILES string of the molecule is CCOC(=O)c1cc2cc(F)c(CO)nc2nc1C(F)(F)F. The Balaban J connectivity index is 2.74. The predicted molar refractivity (Wildman–Crippen MR) is 66.4 cm³/mol. The highest BCUT2D eigenvalue weighted by Crippen LogP contribution is 2.32. The molecule has 118 valence electrons. The fraction of sp³-hybridized carbons (Fsp3) is 0.308. The molecule has 0 fully saturated rings. The van der Waals surface area contributed by atoms with Crippen LogP contribution in [0, 0.1) is 5.82 Å². The second kappa shape index (κ2) is 5.84. The third-order valence-electron chi connectivity index (χ3n) is 2.74. The number of aliphatic hydroxyl groups is 1. The molecule has 0 aliphatic rings. The van der Waals surface area contributed by atoms with E-state index in [4.69, 9.17) is 5.11 Å². The molecule has 0 aliphatic carbocycles. The van der Waals surface area contributed by atoms with Gasteiger partial charge in [-0.05, 0) is 19.1 Å². The second-order valence-electron chi connectivity index (χ2n) is 4.22. The van der Waals surface area contributed by atoms with Crippen LogP contribution in [0.3, 0.4) is 0 Å². The number of carbonyl (C=O) groups excluding carboxylic acids is 1. The van der Waals surface area contributed by atoms with E-state index >= 15 is 0 Å². The maximum atomic E-state index is 13.5. The molecule has 0 saturated carbocycles. The van der Waals surface area contributed by atoms with Crippen molar-refractivity contribution < 1.29 is 32.2 Å². The van der Waals surface area contributed by atoms with E-state index in [1.165, 1.54) is 6.92 Å². The molecule has 2 heterocycles. The fourth-order valence-electron chi connectivity index (χ4n) is 1.81. The summed E-state index contributed by atoms with van der Waals surface area (Å²) in [5.41, 5.74) is -3.15. The van der Waals surface area contributed by atoms with Crippen molar-refractivity contribution in [1.82, 2.24) is 9.97 Å². The van der Waals surface area contributed by atoms with Crippen LogP contribution in [0.2, 0.25) is 0 Å². The minimum Gasteiger partial charge on any atom is -0.462 e. The lowest BCUT2D eigenvalue weighted by Crippen LogP contribution is -2.18. The molecule has 9 heteroatoms. The highest BCUT2D eigenvalue weighted by molar-refractivity contribution is 5.94. The molecule has 0 saturated heterocycles. The maximum Gasteiger partial charge on any atom is 0.434 e. The Morgan fingerprint density at radius 1 is 1.32 bits per heavy atom. The van der Waals surface area contributed by atoms with Crippen LogP contribution in [-0.4, -0.2) is 27.7 Å². The number of nitrogens with zero attached hydrogens (tertiary/aromatic N) is 2. The molecular formula is C13H10F4N2O3. The molecule has 1 N–H and O–H groups in total. The minimum absolute atomic E-state index is 0.106. The van der Waals surface area contributed by atoms with Crippen molar-refractivity contribution in [3.05, 3.63) is 34.9 Å². The summed E-state index contributed by atoms with van der Waals surface area (Å²) in [4.78, 5) is 18.5. The number of rotatable bonds is 3. The molecule has 0 atom stereocenters. The van der Waals surface area contributed by atoms with Gasteiger partial charge in [0.1, 0.15) is 11.5 Å². The molecule has 2 aromatic rings. The molecule has 0 aliphatic heterocycles. The van der Waals surface area contributed by atoms with Gasteiger partial charge in [-0.15, -0.1) is 0 Å². The number of hydrogen-bond donors (Lipinski definition) is 1. The average Bonchev–Trinajstić information content (AvgIpc) is 2.44. The van der Waals surface area contributed by atoms with Crippen LogP contribution in [0.25, 0.3) is 11.0 Å². The number of pyridine rings is 2. The van der Waals surface area contributed by atoms with Gasteiger partial charge in [-0.2, -0.15) is 13.2 Å². The largest absolute Gasteiger partial charge is 0.462 e. The first kappa shape index (κ1) is 16.1. The van der Waals surface area contributed by atoms with Crippen LogP contribution < -0.4 is 0 Å². The highest BCUT2D eigenvalue weighted by Gasteiger charge is 2.38. The van der Waals surface area contributed by atoms with E-state index in [0.29, 0.717) is 0 Å². The molecule has 0 radical (unpaired) electrons. The first-order chi connectivity index (χ1) is 10.3. The monoisotopic (exact) mass is 318 g/mol. The highest BCUT2D eigenvalue weighted by atomic mass is 19.4. The number of fused-ring (bicyclic) bond motifs is 1. The molecule has 0 unspecified atom stereocenters. The molecular weight excluding hydrogens is 308 g/mol. The average molecular weight is 318 g/mol. The van der Waals surface area contributed by atoms with Gasteiger partial charge in [0.2, 0.25) is 0 Å². The summed E-state index contributed by atoms with van der Waals surface area (Å²) >= 11 is 0. The van der Waals surface area contributed by atoms with Crippen molar-refractivity contribution in [1.29, 1.82) is 0 Å². The van der Waals surface area contributed by atoms with E-state index in [0.717, 1.165) is 12.1 Å². The van der Waals surface area contributed by atoms with Gasteiger partial charge in [0.05, 0.1) is 18.8 Å². The number of ether oxygens (including phenoxy) is 1.